The fraction of sp³-hybridized carbons (Fsp3) is 0.143. The molecule has 0 unspecified atom stereocenters. The largest absolute Gasteiger partial charge is 0.455 e. The number of nitro groups is 1. The molecular formula is C21H19N3O4. The number of non-ortho nitro benzene ring substituents is 1. The molecule has 0 aliphatic heterocycles. The molecule has 142 valence electrons. The van der Waals surface area contributed by atoms with Crippen LogP contribution < -0.4 is 5.43 Å². The maximum atomic E-state index is 12.1. The number of amides is 1. The van der Waals surface area contributed by atoms with Crippen molar-refractivity contribution in [1.82, 2.24) is 5.43 Å². The second kappa shape index (κ2) is 8.30. The van der Waals surface area contributed by atoms with E-state index in [4.69, 9.17) is 4.42 Å². The predicted octanol–water partition coefficient (Wildman–Crippen LogP) is 4.16. The molecule has 1 amide bonds. The Balaban J connectivity index is 1.60. The van der Waals surface area contributed by atoms with Gasteiger partial charge in [0.15, 0.2) is 0 Å². The van der Waals surface area contributed by atoms with Crippen LogP contribution in [0.5, 0.6) is 0 Å². The van der Waals surface area contributed by atoms with Crippen molar-refractivity contribution in [2.24, 2.45) is 5.10 Å². The molecule has 1 N–H and O–H groups in total. The number of carbonyl (C=O) groups excluding carboxylic acids is 1. The summed E-state index contributed by atoms with van der Waals surface area (Å²) in [5.41, 5.74) is 6.35. The molecule has 7 heteroatoms. The third kappa shape index (κ3) is 4.70. The summed E-state index contributed by atoms with van der Waals surface area (Å²) in [6, 6.07) is 15.5. The van der Waals surface area contributed by atoms with Crippen molar-refractivity contribution in [2.75, 3.05) is 0 Å². The summed E-state index contributed by atoms with van der Waals surface area (Å²) >= 11 is 0. The average Bonchev–Trinajstić information content (AvgIpc) is 3.14. The average molecular weight is 377 g/mol. The van der Waals surface area contributed by atoms with Gasteiger partial charge >= 0.3 is 0 Å². The summed E-state index contributed by atoms with van der Waals surface area (Å²) in [6.45, 7) is 3.95. The Morgan fingerprint density at radius 1 is 1.14 bits per heavy atom. The monoisotopic (exact) mass is 377 g/mol. The molecule has 3 rings (SSSR count). The lowest BCUT2D eigenvalue weighted by Crippen LogP contribution is -2.20. The number of benzene rings is 2. The standard InChI is InChI=1S/C21H19N3O4/c1-14-3-4-15(2)17(11-14)12-21(25)23-22-13-19-9-10-20(28-19)16-5-7-18(8-6-16)24(26)27/h3-11,13H,12H2,1-2H3,(H,23,25)/b22-13-. The van der Waals surface area contributed by atoms with E-state index in [-0.39, 0.29) is 18.0 Å². The Morgan fingerprint density at radius 3 is 2.61 bits per heavy atom. The van der Waals surface area contributed by atoms with Crippen LogP contribution in [0, 0.1) is 24.0 Å². The minimum Gasteiger partial charge on any atom is -0.455 e. The van der Waals surface area contributed by atoms with Crippen LogP contribution in [0.1, 0.15) is 22.5 Å². The molecule has 0 atom stereocenters. The van der Waals surface area contributed by atoms with Gasteiger partial charge in [0.25, 0.3) is 5.69 Å². The number of rotatable bonds is 6. The zero-order chi connectivity index (χ0) is 20.1. The minimum atomic E-state index is -0.453. The van der Waals surface area contributed by atoms with Crippen LogP contribution in [0.3, 0.4) is 0 Å². The summed E-state index contributed by atoms with van der Waals surface area (Å²) < 4.78 is 5.63. The number of nitro benzene ring substituents is 1. The molecule has 0 bridgehead atoms. The van der Waals surface area contributed by atoms with Gasteiger partial charge in [-0.1, -0.05) is 23.8 Å². The van der Waals surface area contributed by atoms with E-state index in [9.17, 15) is 14.9 Å². The topological polar surface area (TPSA) is 97.7 Å². The highest BCUT2D eigenvalue weighted by molar-refractivity contribution is 5.82. The Bertz CT molecular complexity index is 1040. The molecule has 0 saturated carbocycles. The number of hydrogen-bond acceptors (Lipinski definition) is 5. The van der Waals surface area contributed by atoms with E-state index in [0.29, 0.717) is 17.1 Å². The fourth-order valence-corrected chi connectivity index (χ4v) is 2.70. The predicted molar refractivity (Wildman–Crippen MR) is 106 cm³/mol. The van der Waals surface area contributed by atoms with Crippen molar-refractivity contribution in [3.05, 3.63) is 87.2 Å². The number of aryl methyl sites for hydroxylation is 2. The lowest BCUT2D eigenvalue weighted by molar-refractivity contribution is -0.384. The lowest BCUT2D eigenvalue weighted by atomic mass is 10.0. The summed E-state index contributed by atoms with van der Waals surface area (Å²) in [4.78, 5) is 22.3. The second-order valence-corrected chi connectivity index (χ2v) is 6.41. The van der Waals surface area contributed by atoms with E-state index in [1.54, 1.807) is 24.3 Å². The smallest absolute Gasteiger partial charge is 0.269 e. The second-order valence-electron chi connectivity index (χ2n) is 6.41. The van der Waals surface area contributed by atoms with E-state index >= 15 is 0 Å². The first kappa shape index (κ1) is 19.0. The van der Waals surface area contributed by atoms with Crippen LogP contribution >= 0.6 is 0 Å². The van der Waals surface area contributed by atoms with Crippen LogP contribution in [0.2, 0.25) is 0 Å². The molecule has 0 aliphatic carbocycles. The van der Waals surface area contributed by atoms with Crippen LogP contribution in [0.25, 0.3) is 11.3 Å². The first-order valence-electron chi connectivity index (χ1n) is 8.65. The number of nitrogens with zero attached hydrogens (tertiary/aromatic N) is 2. The van der Waals surface area contributed by atoms with Gasteiger partial charge in [0.05, 0.1) is 17.6 Å². The quantitative estimate of drug-likeness (QED) is 0.396. The molecule has 2 aromatic carbocycles. The first-order valence-corrected chi connectivity index (χ1v) is 8.65. The van der Waals surface area contributed by atoms with Crippen molar-refractivity contribution < 1.29 is 14.1 Å². The highest BCUT2D eigenvalue weighted by Crippen LogP contribution is 2.24. The summed E-state index contributed by atoms with van der Waals surface area (Å²) in [7, 11) is 0. The number of nitrogens with one attached hydrogen (secondary N) is 1. The summed E-state index contributed by atoms with van der Waals surface area (Å²) in [5, 5.41) is 14.6. The molecule has 3 aromatic rings. The molecule has 28 heavy (non-hydrogen) atoms. The fourth-order valence-electron chi connectivity index (χ4n) is 2.70. The van der Waals surface area contributed by atoms with Gasteiger partial charge in [-0.15, -0.1) is 0 Å². The van der Waals surface area contributed by atoms with Gasteiger partial charge in [0.2, 0.25) is 5.91 Å². The summed E-state index contributed by atoms with van der Waals surface area (Å²) in [5.74, 6) is 0.797. The molecule has 1 heterocycles. The number of carbonyl (C=O) groups is 1. The first-order chi connectivity index (χ1) is 13.4. The van der Waals surface area contributed by atoms with Gasteiger partial charge < -0.3 is 4.42 Å². The van der Waals surface area contributed by atoms with E-state index in [2.05, 4.69) is 10.5 Å². The Labute approximate surface area is 161 Å². The number of hydrogen-bond donors (Lipinski definition) is 1. The van der Waals surface area contributed by atoms with E-state index < -0.39 is 4.92 Å². The van der Waals surface area contributed by atoms with Crippen molar-refractivity contribution in [2.45, 2.75) is 20.3 Å². The van der Waals surface area contributed by atoms with Gasteiger partial charge in [0, 0.05) is 17.7 Å². The third-order valence-corrected chi connectivity index (χ3v) is 4.23. The molecule has 1 aromatic heterocycles. The van der Waals surface area contributed by atoms with Crippen LogP contribution in [0.4, 0.5) is 5.69 Å². The van der Waals surface area contributed by atoms with Gasteiger partial charge in [-0.25, -0.2) is 5.43 Å². The van der Waals surface area contributed by atoms with Crippen molar-refractivity contribution in [1.29, 1.82) is 0 Å². The normalized spacial score (nSPS) is 10.9. The van der Waals surface area contributed by atoms with Gasteiger partial charge in [-0.2, -0.15) is 5.10 Å². The molecule has 0 fully saturated rings. The van der Waals surface area contributed by atoms with Crippen molar-refractivity contribution in [3.8, 4) is 11.3 Å². The van der Waals surface area contributed by atoms with Gasteiger partial charge in [0.1, 0.15) is 11.5 Å². The number of hydrazone groups is 1. The summed E-state index contributed by atoms with van der Waals surface area (Å²) in [6.07, 6.45) is 1.66. The minimum absolute atomic E-state index is 0.0173. The maximum absolute atomic E-state index is 12.1. The lowest BCUT2D eigenvalue weighted by Gasteiger charge is -2.05. The molecule has 7 nitrogen and oxygen atoms in total. The highest BCUT2D eigenvalue weighted by Gasteiger charge is 2.08. The maximum Gasteiger partial charge on any atom is 0.269 e. The van der Waals surface area contributed by atoms with Crippen molar-refractivity contribution in [3.63, 3.8) is 0 Å². The zero-order valence-corrected chi connectivity index (χ0v) is 15.5. The molecule has 0 aliphatic rings. The SMILES string of the molecule is Cc1ccc(C)c(CC(=O)N/N=C\c2ccc(-c3ccc([N+](=O)[O-])cc3)o2)c1. The third-order valence-electron chi connectivity index (χ3n) is 4.23. The Morgan fingerprint density at radius 2 is 1.89 bits per heavy atom. The molecule has 0 spiro atoms. The zero-order valence-electron chi connectivity index (χ0n) is 15.5. The Hall–Kier alpha value is -3.74. The van der Waals surface area contributed by atoms with E-state index in [0.717, 1.165) is 16.7 Å². The van der Waals surface area contributed by atoms with Gasteiger partial charge in [-0.05, 0) is 49.2 Å². The van der Waals surface area contributed by atoms with Crippen LogP contribution in [-0.2, 0) is 11.2 Å². The van der Waals surface area contributed by atoms with Crippen molar-refractivity contribution >= 4 is 17.8 Å². The van der Waals surface area contributed by atoms with Crippen LogP contribution in [0.15, 0.2) is 64.1 Å². The van der Waals surface area contributed by atoms with E-state index in [1.807, 2.05) is 32.0 Å². The van der Waals surface area contributed by atoms with Gasteiger partial charge in [-0.3, -0.25) is 14.9 Å². The molecule has 0 radical (unpaired) electrons. The highest BCUT2D eigenvalue weighted by atomic mass is 16.6. The number of furan rings is 1. The molecular weight excluding hydrogens is 358 g/mol. The van der Waals surface area contributed by atoms with E-state index in [1.165, 1.54) is 18.3 Å². The molecule has 0 saturated heterocycles. The van der Waals surface area contributed by atoms with Crippen LogP contribution in [-0.4, -0.2) is 17.0 Å². The Kier molecular flexibility index (Phi) is 5.64.